The summed E-state index contributed by atoms with van der Waals surface area (Å²) in [6.45, 7) is 2.84. The highest BCUT2D eigenvalue weighted by atomic mass is 32.1. The lowest BCUT2D eigenvalue weighted by Gasteiger charge is -2.16. The summed E-state index contributed by atoms with van der Waals surface area (Å²) in [5.41, 5.74) is 3.66. The van der Waals surface area contributed by atoms with Crippen molar-refractivity contribution in [3.8, 4) is 5.75 Å². The molecule has 0 aliphatic rings. The van der Waals surface area contributed by atoms with Gasteiger partial charge in [-0.05, 0) is 53.4 Å². The molecule has 0 aliphatic carbocycles. The third-order valence-electron chi connectivity index (χ3n) is 3.64. The van der Waals surface area contributed by atoms with Gasteiger partial charge in [0.25, 0.3) is 0 Å². The Morgan fingerprint density at radius 3 is 2.83 bits per heavy atom. The van der Waals surface area contributed by atoms with Gasteiger partial charge in [-0.3, -0.25) is 0 Å². The summed E-state index contributed by atoms with van der Waals surface area (Å²) in [5, 5.41) is 11.3. The van der Waals surface area contributed by atoms with Gasteiger partial charge in [0.15, 0.2) is 0 Å². The number of thiophene rings is 1. The number of thiazole rings is 1. The van der Waals surface area contributed by atoms with E-state index in [9.17, 15) is 0 Å². The molecule has 2 aromatic heterocycles. The Labute approximate surface area is 145 Å². The molecule has 0 unspecified atom stereocenters. The van der Waals surface area contributed by atoms with Crippen LogP contribution in [0.5, 0.6) is 5.75 Å². The number of aromatic nitrogens is 1. The third kappa shape index (κ3) is 4.41. The van der Waals surface area contributed by atoms with Crippen molar-refractivity contribution in [2.45, 2.75) is 25.9 Å². The van der Waals surface area contributed by atoms with Crippen molar-refractivity contribution in [2.24, 2.45) is 0 Å². The lowest BCUT2D eigenvalue weighted by molar-refractivity contribution is 0.413. The molecule has 2 heterocycles. The van der Waals surface area contributed by atoms with Crippen molar-refractivity contribution in [3.05, 3.63) is 68.3 Å². The van der Waals surface area contributed by atoms with Gasteiger partial charge in [-0.1, -0.05) is 12.1 Å². The molecule has 3 nitrogen and oxygen atoms in total. The van der Waals surface area contributed by atoms with Gasteiger partial charge in [-0.15, -0.1) is 11.3 Å². The predicted octanol–water partition coefficient (Wildman–Crippen LogP) is 4.60. The van der Waals surface area contributed by atoms with Gasteiger partial charge in [-0.2, -0.15) is 11.3 Å². The van der Waals surface area contributed by atoms with E-state index >= 15 is 0 Å². The van der Waals surface area contributed by atoms with Gasteiger partial charge in [-0.25, -0.2) is 4.98 Å². The highest BCUT2D eigenvalue weighted by molar-refractivity contribution is 7.09. The van der Waals surface area contributed by atoms with Crippen LogP contribution in [0.25, 0.3) is 0 Å². The van der Waals surface area contributed by atoms with Crippen molar-refractivity contribution in [1.29, 1.82) is 0 Å². The second kappa shape index (κ2) is 7.73. The normalized spacial score (nSPS) is 12.3. The standard InChI is InChI=1S/C18H20N2OS2/c1-13-11-23-18(20-13)17(9-15-6-7-22-12-15)19-10-14-4-3-5-16(8-14)21-2/h3-8,11-12,17,19H,9-10H2,1-2H3/t17-/m0/s1. The first kappa shape index (κ1) is 16.2. The number of benzene rings is 1. The van der Waals surface area contributed by atoms with E-state index in [1.165, 1.54) is 11.1 Å². The first-order valence-corrected chi connectivity index (χ1v) is 9.36. The van der Waals surface area contributed by atoms with Crippen LogP contribution >= 0.6 is 22.7 Å². The SMILES string of the molecule is COc1cccc(CN[C@@H](Cc2ccsc2)c2nc(C)cs2)c1. The summed E-state index contributed by atoms with van der Waals surface area (Å²) >= 11 is 3.47. The minimum absolute atomic E-state index is 0.231. The quantitative estimate of drug-likeness (QED) is 0.680. The summed E-state index contributed by atoms with van der Waals surface area (Å²) in [5.74, 6) is 0.892. The summed E-state index contributed by atoms with van der Waals surface area (Å²) in [7, 11) is 1.70. The topological polar surface area (TPSA) is 34.1 Å². The largest absolute Gasteiger partial charge is 0.497 e. The average Bonchev–Trinajstić information content (AvgIpc) is 3.23. The molecular weight excluding hydrogens is 324 g/mol. The molecule has 1 N–H and O–H groups in total. The van der Waals surface area contributed by atoms with Crippen molar-refractivity contribution in [3.63, 3.8) is 0 Å². The van der Waals surface area contributed by atoms with E-state index in [4.69, 9.17) is 4.74 Å². The van der Waals surface area contributed by atoms with Gasteiger partial charge in [0.2, 0.25) is 0 Å². The molecule has 0 aliphatic heterocycles. The van der Waals surface area contributed by atoms with E-state index in [1.807, 2.05) is 19.1 Å². The maximum absolute atomic E-state index is 5.30. The molecule has 0 radical (unpaired) electrons. The summed E-state index contributed by atoms with van der Waals surface area (Å²) in [6.07, 6.45) is 0.959. The highest BCUT2D eigenvalue weighted by Gasteiger charge is 2.16. The Morgan fingerprint density at radius 1 is 1.22 bits per heavy atom. The van der Waals surface area contributed by atoms with Crippen molar-refractivity contribution in [1.82, 2.24) is 10.3 Å². The molecule has 0 bridgehead atoms. The van der Waals surface area contributed by atoms with Gasteiger partial charge < -0.3 is 10.1 Å². The smallest absolute Gasteiger partial charge is 0.119 e. The number of hydrogen-bond donors (Lipinski definition) is 1. The Bertz CT molecular complexity index is 737. The van der Waals surface area contributed by atoms with Crippen LogP contribution in [0.4, 0.5) is 0 Å². The molecule has 0 saturated heterocycles. The van der Waals surface area contributed by atoms with Crippen molar-refractivity contribution >= 4 is 22.7 Å². The minimum Gasteiger partial charge on any atom is -0.497 e. The first-order chi connectivity index (χ1) is 11.2. The van der Waals surface area contributed by atoms with E-state index in [-0.39, 0.29) is 6.04 Å². The van der Waals surface area contributed by atoms with Crippen LogP contribution in [0.1, 0.15) is 27.9 Å². The maximum atomic E-state index is 5.30. The fourth-order valence-electron chi connectivity index (χ4n) is 2.45. The molecule has 0 amide bonds. The summed E-state index contributed by atoms with van der Waals surface area (Å²) in [4.78, 5) is 4.67. The van der Waals surface area contributed by atoms with Gasteiger partial charge >= 0.3 is 0 Å². The molecule has 5 heteroatoms. The van der Waals surface area contributed by atoms with Crippen molar-refractivity contribution in [2.75, 3.05) is 7.11 Å². The van der Waals surface area contributed by atoms with E-state index in [2.05, 4.69) is 44.6 Å². The Hall–Kier alpha value is -1.69. The third-order valence-corrected chi connectivity index (χ3v) is 5.45. The van der Waals surface area contributed by atoms with Crippen LogP contribution in [0, 0.1) is 6.92 Å². The fourth-order valence-corrected chi connectivity index (χ4v) is 4.00. The van der Waals surface area contributed by atoms with E-state index in [1.54, 1.807) is 29.8 Å². The molecule has 3 rings (SSSR count). The maximum Gasteiger partial charge on any atom is 0.119 e. The van der Waals surface area contributed by atoms with Crippen LogP contribution in [-0.2, 0) is 13.0 Å². The Morgan fingerprint density at radius 2 is 2.13 bits per heavy atom. The van der Waals surface area contributed by atoms with Crippen LogP contribution in [0.15, 0.2) is 46.5 Å². The van der Waals surface area contributed by atoms with Crippen molar-refractivity contribution < 1.29 is 4.74 Å². The van der Waals surface area contributed by atoms with E-state index < -0.39 is 0 Å². The van der Waals surface area contributed by atoms with Gasteiger partial charge in [0, 0.05) is 17.6 Å². The molecule has 23 heavy (non-hydrogen) atoms. The Kier molecular flexibility index (Phi) is 5.43. The fraction of sp³-hybridized carbons (Fsp3) is 0.278. The highest BCUT2D eigenvalue weighted by Crippen LogP contribution is 2.24. The molecule has 0 spiro atoms. The Balaban J connectivity index is 1.72. The zero-order valence-corrected chi connectivity index (χ0v) is 14.9. The van der Waals surface area contributed by atoms with Crippen LogP contribution in [-0.4, -0.2) is 12.1 Å². The minimum atomic E-state index is 0.231. The number of ether oxygens (including phenoxy) is 1. The predicted molar refractivity (Wildman–Crippen MR) is 97.4 cm³/mol. The van der Waals surface area contributed by atoms with Crippen LogP contribution < -0.4 is 10.1 Å². The molecule has 0 fully saturated rings. The number of methoxy groups -OCH3 is 1. The molecule has 1 aromatic carbocycles. The molecular formula is C18H20N2OS2. The lowest BCUT2D eigenvalue weighted by atomic mass is 10.1. The number of hydrogen-bond acceptors (Lipinski definition) is 5. The number of rotatable bonds is 7. The molecule has 3 aromatic rings. The van der Waals surface area contributed by atoms with Gasteiger partial charge in [0.1, 0.15) is 10.8 Å². The summed E-state index contributed by atoms with van der Waals surface area (Å²) < 4.78 is 5.30. The molecule has 0 saturated carbocycles. The zero-order chi connectivity index (χ0) is 16.1. The average molecular weight is 345 g/mol. The second-order valence-corrected chi connectivity index (χ2v) is 7.12. The number of aryl methyl sites for hydroxylation is 1. The molecule has 1 atom stereocenters. The van der Waals surface area contributed by atoms with Crippen LogP contribution in [0.2, 0.25) is 0 Å². The zero-order valence-electron chi connectivity index (χ0n) is 13.3. The van der Waals surface area contributed by atoms with E-state index in [0.29, 0.717) is 0 Å². The number of nitrogens with zero attached hydrogens (tertiary/aromatic N) is 1. The summed E-state index contributed by atoms with van der Waals surface area (Å²) in [6, 6.07) is 10.6. The first-order valence-electron chi connectivity index (χ1n) is 7.54. The van der Waals surface area contributed by atoms with E-state index in [0.717, 1.165) is 29.4 Å². The number of nitrogens with one attached hydrogen (secondary N) is 1. The van der Waals surface area contributed by atoms with Gasteiger partial charge in [0.05, 0.1) is 13.2 Å². The lowest BCUT2D eigenvalue weighted by Crippen LogP contribution is -2.22. The second-order valence-electron chi connectivity index (χ2n) is 5.45. The van der Waals surface area contributed by atoms with Crippen LogP contribution in [0.3, 0.4) is 0 Å². The molecule has 120 valence electrons. The monoisotopic (exact) mass is 344 g/mol.